The van der Waals surface area contributed by atoms with E-state index in [-0.39, 0.29) is 11.8 Å². The number of carbonyl (C=O) groups excluding carboxylic acids is 2. The van der Waals surface area contributed by atoms with Crippen molar-refractivity contribution < 1.29 is 14.3 Å². The highest BCUT2D eigenvalue weighted by Gasteiger charge is 2.07. The summed E-state index contributed by atoms with van der Waals surface area (Å²) >= 11 is 7.33. The van der Waals surface area contributed by atoms with Crippen molar-refractivity contribution in [2.24, 2.45) is 4.99 Å². The number of hydrogen-bond donors (Lipinski definition) is 1. The average Bonchev–Trinajstić information content (AvgIpc) is 3.15. The third-order valence-electron chi connectivity index (χ3n) is 4.09. The van der Waals surface area contributed by atoms with Crippen molar-refractivity contribution in [2.45, 2.75) is 6.54 Å². The number of amides is 2. The monoisotopic (exact) mass is 429 g/mol. The van der Waals surface area contributed by atoms with Gasteiger partial charge in [0, 0.05) is 47.9 Å². The van der Waals surface area contributed by atoms with E-state index in [2.05, 4.69) is 10.3 Å². The van der Waals surface area contributed by atoms with Crippen LogP contribution in [0, 0.1) is 0 Å². The molecule has 0 spiro atoms. The molecule has 0 saturated heterocycles. The predicted molar refractivity (Wildman–Crippen MR) is 113 cm³/mol. The maximum atomic E-state index is 12.4. The molecule has 150 valence electrons. The highest BCUT2D eigenvalue weighted by atomic mass is 35.5. The van der Waals surface area contributed by atoms with Crippen LogP contribution in [-0.2, 0) is 11.3 Å². The van der Waals surface area contributed by atoms with Gasteiger partial charge < -0.3 is 14.6 Å². The summed E-state index contributed by atoms with van der Waals surface area (Å²) in [7, 11) is 1.59. The van der Waals surface area contributed by atoms with E-state index in [9.17, 15) is 9.59 Å². The number of methoxy groups -OCH3 is 1. The number of halogens is 1. The maximum absolute atomic E-state index is 12.4. The SMILES string of the molecule is COCCNC(=O)c1ccc(Cn2ccsc2=NC(=O)c2cccc(Cl)c2)cc1. The first-order valence-electron chi connectivity index (χ1n) is 8.91. The molecular weight excluding hydrogens is 410 g/mol. The Morgan fingerprint density at radius 2 is 1.97 bits per heavy atom. The number of ether oxygens (including phenoxy) is 1. The van der Waals surface area contributed by atoms with Crippen LogP contribution >= 0.6 is 22.9 Å². The van der Waals surface area contributed by atoms with Crippen molar-refractivity contribution in [1.82, 2.24) is 9.88 Å². The van der Waals surface area contributed by atoms with Crippen molar-refractivity contribution in [2.75, 3.05) is 20.3 Å². The van der Waals surface area contributed by atoms with Crippen LogP contribution in [0.5, 0.6) is 0 Å². The Morgan fingerprint density at radius 1 is 1.17 bits per heavy atom. The molecule has 1 heterocycles. The molecule has 0 bridgehead atoms. The quantitative estimate of drug-likeness (QED) is 0.585. The molecular formula is C21H20ClN3O3S. The van der Waals surface area contributed by atoms with Gasteiger partial charge >= 0.3 is 0 Å². The fourth-order valence-electron chi connectivity index (χ4n) is 2.61. The predicted octanol–water partition coefficient (Wildman–Crippen LogP) is 3.37. The fraction of sp³-hybridized carbons (Fsp3) is 0.190. The van der Waals surface area contributed by atoms with E-state index in [0.717, 1.165) is 5.56 Å². The number of nitrogens with zero attached hydrogens (tertiary/aromatic N) is 2. The van der Waals surface area contributed by atoms with Crippen LogP contribution in [0.25, 0.3) is 0 Å². The molecule has 0 radical (unpaired) electrons. The summed E-state index contributed by atoms with van der Waals surface area (Å²) in [6.45, 7) is 1.48. The molecule has 29 heavy (non-hydrogen) atoms. The molecule has 2 amide bonds. The lowest BCUT2D eigenvalue weighted by Crippen LogP contribution is -2.26. The van der Waals surface area contributed by atoms with Gasteiger partial charge in [-0.15, -0.1) is 11.3 Å². The first kappa shape index (κ1) is 21.0. The van der Waals surface area contributed by atoms with Gasteiger partial charge in [0.2, 0.25) is 0 Å². The summed E-state index contributed by atoms with van der Waals surface area (Å²) in [6, 6.07) is 14.0. The number of aromatic nitrogens is 1. The van der Waals surface area contributed by atoms with Gasteiger partial charge in [0.15, 0.2) is 4.80 Å². The van der Waals surface area contributed by atoms with Crippen LogP contribution in [0.15, 0.2) is 65.1 Å². The Morgan fingerprint density at radius 3 is 2.69 bits per heavy atom. The molecule has 3 rings (SSSR count). The van der Waals surface area contributed by atoms with Gasteiger partial charge in [0.25, 0.3) is 11.8 Å². The van der Waals surface area contributed by atoms with Gasteiger partial charge in [0.05, 0.1) is 6.61 Å². The molecule has 0 atom stereocenters. The second-order valence-corrected chi connectivity index (χ2v) is 7.50. The third kappa shape index (κ3) is 5.87. The van der Waals surface area contributed by atoms with E-state index in [1.165, 1.54) is 11.3 Å². The van der Waals surface area contributed by atoms with Crippen LogP contribution in [0.3, 0.4) is 0 Å². The summed E-state index contributed by atoms with van der Waals surface area (Å²) in [5.41, 5.74) is 2.02. The van der Waals surface area contributed by atoms with Crippen molar-refractivity contribution in [3.63, 3.8) is 0 Å². The highest BCUT2D eigenvalue weighted by molar-refractivity contribution is 7.07. The Balaban J connectivity index is 1.71. The molecule has 6 nitrogen and oxygen atoms in total. The lowest BCUT2D eigenvalue weighted by Gasteiger charge is -2.07. The lowest BCUT2D eigenvalue weighted by molar-refractivity contribution is 0.0936. The van der Waals surface area contributed by atoms with E-state index in [0.29, 0.717) is 40.6 Å². The molecule has 1 aromatic heterocycles. The lowest BCUT2D eigenvalue weighted by atomic mass is 10.1. The van der Waals surface area contributed by atoms with Crippen molar-refractivity contribution in [3.05, 3.63) is 86.6 Å². The van der Waals surface area contributed by atoms with Gasteiger partial charge in [-0.05, 0) is 35.9 Å². The maximum Gasteiger partial charge on any atom is 0.279 e. The Bertz CT molecular complexity index is 1060. The fourth-order valence-corrected chi connectivity index (χ4v) is 3.52. The van der Waals surface area contributed by atoms with Crippen LogP contribution in [0.2, 0.25) is 5.02 Å². The summed E-state index contributed by atoms with van der Waals surface area (Å²) in [5, 5.41) is 5.16. The van der Waals surface area contributed by atoms with Gasteiger partial charge in [-0.25, -0.2) is 0 Å². The number of hydrogen-bond acceptors (Lipinski definition) is 4. The van der Waals surface area contributed by atoms with Crippen LogP contribution in [0.1, 0.15) is 26.3 Å². The average molecular weight is 430 g/mol. The largest absolute Gasteiger partial charge is 0.383 e. The Kier molecular flexibility index (Phi) is 7.35. The molecule has 1 N–H and O–H groups in total. The van der Waals surface area contributed by atoms with E-state index in [1.807, 2.05) is 28.3 Å². The van der Waals surface area contributed by atoms with Crippen molar-refractivity contribution in [1.29, 1.82) is 0 Å². The van der Waals surface area contributed by atoms with Gasteiger partial charge in [-0.2, -0.15) is 4.99 Å². The van der Waals surface area contributed by atoms with E-state index >= 15 is 0 Å². The van der Waals surface area contributed by atoms with E-state index < -0.39 is 0 Å². The summed E-state index contributed by atoms with van der Waals surface area (Å²) in [6.07, 6.45) is 1.88. The smallest absolute Gasteiger partial charge is 0.279 e. The zero-order valence-corrected chi connectivity index (χ0v) is 17.4. The minimum absolute atomic E-state index is 0.139. The van der Waals surface area contributed by atoms with Crippen molar-refractivity contribution in [3.8, 4) is 0 Å². The summed E-state index contributed by atoms with van der Waals surface area (Å²) in [5.74, 6) is -0.480. The van der Waals surface area contributed by atoms with Gasteiger partial charge in [-0.1, -0.05) is 29.8 Å². The van der Waals surface area contributed by atoms with E-state index in [1.54, 1.807) is 43.5 Å². The molecule has 0 unspecified atom stereocenters. The van der Waals surface area contributed by atoms with Crippen LogP contribution < -0.4 is 10.1 Å². The molecule has 0 aliphatic rings. The second kappa shape index (κ2) is 10.2. The first-order chi connectivity index (χ1) is 14.1. The minimum Gasteiger partial charge on any atom is -0.383 e. The highest BCUT2D eigenvalue weighted by Crippen LogP contribution is 2.12. The molecule has 0 aliphatic carbocycles. The topological polar surface area (TPSA) is 72.7 Å². The molecule has 8 heteroatoms. The minimum atomic E-state index is -0.341. The Labute approximate surface area is 177 Å². The molecule has 0 saturated carbocycles. The molecule has 0 fully saturated rings. The molecule has 3 aromatic rings. The zero-order chi connectivity index (χ0) is 20.6. The van der Waals surface area contributed by atoms with Crippen LogP contribution in [-0.4, -0.2) is 36.6 Å². The number of carbonyl (C=O) groups is 2. The summed E-state index contributed by atoms with van der Waals surface area (Å²) in [4.78, 5) is 29.3. The number of nitrogens with one attached hydrogen (secondary N) is 1. The summed E-state index contributed by atoms with van der Waals surface area (Å²) < 4.78 is 6.81. The third-order valence-corrected chi connectivity index (χ3v) is 5.12. The van der Waals surface area contributed by atoms with Gasteiger partial charge in [0.1, 0.15) is 0 Å². The molecule has 0 aliphatic heterocycles. The standard InChI is InChI=1S/C21H20ClN3O3S/c1-28-11-9-23-19(26)16-7-5-15(6-8-16)14-25-10-12-29-21(25)24-20(27)17-3-2-4-18(22)13-17/h2-8,10,12-13H,9,11,14H2,1H3,(H,23,26). The normalized spacial score (nSPS) is 11.4. The van der Waals surface area contributed by atoms with E-state index in [4.69, 9.17) is 16.3 Å². The number of thiazole rings is 1. The number of rotatable bonds is 7. The second-order valence-electron chi connectivity index (χ2n) is 6.19. The van der Waals surface area contributed by atoms with Gasteiger partial charge in [-0.3, -0.25) is 9.59 Å². The zero-order valence-electron chi connectivity index (χ0n) is 15.8. The number of benzene rings is 2. The molecule has 2 aromatic carbocycles. The van der Waals surface area contributed by atoms with Crippen molar-refractivity contribution >= 4 is 34.8 Å². The first-order valence-corrected chi connectivity index (χ1v) is 10.2. The van der Waals surface area contributed by atoms with Crippen LogP contribution in [0.4, 0.5) is 0 Å². The Hall–Kier alpha value is -2.74.